The van der Waals surface area contributed by atoms with E-state index >= 15 is 0 Å². The second-order valence-corrected chi connectivity index (χ2v) is 4.99. The topological polar surface area (TPSA) is 26.3 Å². The maximum absolute atomic E-state index is 11.8. The normalized spacial score (nSPS) is 18.4. The number of hydrogen-bond acceptors (Lipinski definition) is 2. The van der Waals surface area contributed by atoms with E-state index < -0.39 is 0 Å². The Hall–Kier alpha value is -0.970. The van der Waals surface area contributed by atoms with Crippen molar-refractivity contribution in [2.24, 2.45) is 5.41 Å². The number of esters is 1. The Balaban J connectivity index is 2.49. The molecule has 1 rings (SSSR count). The van der Waals surface area contributed by atoms with E-state index in [0.717, 1.165) is 19.3 Å². The highest BCUT2D eigenvalue weighted by atomic mass is 16.6. The highest BCUT2D eigenvalue weighted by molar-refractivity contribution is 5.80. The van der Waals surface area contributed by atoms with Gasteiger partial charge in [-0.15, -0.1) is 12.3 Å². The van der Waals surface area contributed by atoms with Gasteiger partial charge in [-0.25, -0.2) is 0 Å². The van der Waals surface area contributed by atoms with Crippen molar-refractivity contribution in [2.75, 3.05) is 0 Å². The third-order valence-corrected chi connectivity index (χ3v) is 2.43. The molecule has 0 aromatic carbocycles. The Morgan fingerprint density at radius 1 is 1.50 bits per heavy atom. The molecule has 78 valence electrons. The van der Waals surface area contributed by atoms with Crippen molar-refractivity contribution in [3.05, 3.63) is 0 Å². The van der Waals surface area contributed by atoms with E-state index in [1.807, 2.05) is 20.8 Å². The molecule has 2 nitrogen and oxygen atoms in total. The maximum Gasteiger partial charge on any atom is 0.312 e. The van der Waals surface area contributed by atoms with Gasteiger partial charge in [0.1, 0.15) is 5.60 Å². The molecule has 0 bridgehead atoms. The van der Waals surface area contributed by atoms with Gasteiger partial charge in [-0.3, -0.25) is 4.79 Å². The fraction of sp³-hybridized carbons (Fsp3) is 0.750. The number of terminal acetylenes is 1. The van der Waals surface area contributed by atoms with E-state index in [2.05, 4.69) is 5.92 Å². The first kappa shape index (κ1) is 11.1. The summed E-state index contributed by atoms with van der Waals surface area (Å²) in [5, 5.41) is 0. The Morgan fingerprint density at radius 3 is 2.43 bits per heavy atom. The van der Waals surface area contributed by atoms with Gasteiger partial charge in [-0.05, 0) is 40.0 Å². The Labute approximate surface area is 86.0 Å². The van der Waals surface area contributed by atoms with Gasteiger partial charge in [0.15, 0.2) is 0 Å². The van der Waals surface area contributed by atoms with E-state index in [1.54, 1.807) is 0 Å². The smallest absolute Gasteiger partial charge is 0.312 e. The molecule has 1 fully saturated rings. The van der Waals surface area contributed by atoms with Crippen LogP contribution in [-0.4, -0.2) is 11.6 Å². The zero-order valence-electron chi connectivity index (χ0n) is 9.22. The molecule has 0 saturated heterocycles. The van der Waals surface area contributed by atoms with Gasteiger partial charge >= 0.3 is 5.97 Å². The fourth-order valence-electron chi connectivity index (χ4n) is 1.40. The average Bonchev–Trinajstić information content (AvgIpc) is 2.78. The van der Waals surface area contributed by atoms with Gasteiger partial charge in [0.05, 0.1) is 5.41 Å². The summed E-state index contributed by atoms with van der Waals surface area (Å²) in [4.78, 5) is 11.8. The molecule has 2 heteroatoms. The zero-order valence-corrected chi connectivity index (χ0v) is 9.22. The van der Waals surface area contributed by atoms with E-state index in [4.69, 9.17) is 11.2 Å². The summed E-state index contributed by atoms with van der Waals surface area (Å²) in [6.45, 7) is 5.67. The van der Waals surface area contributed by atoms with Gasteiger partial charge in [0.25, 0.3) is 0 Å². The molecule has 0 radical (unpaired) electrons. The van der Waals surface area contributed by atoms with Gasteiger partial charge in [0.2, 0.25) is 0 Å². The van der Waals surface area contributed by atoms with E-state index in [0.29, 0.717) is 6.42 Å². The number of carbonyl (C=O) groups excluding carboxylic acids is 1. The average molecular weight is 194 g/mol. The third kappa shape index (κ3) is 2.77. The monoisotopic (exact) mass is 194 g/mol. The minimum absolute atomic E-state index is 0.0692. The number of ether oxygens (including phenoxy) is 1. The largest absolute Gasteiger partial charge is 0.460 e. The highest BCUT2D eigenvalue weighted by Gasteiger charge is 2.51. The van der Waals surface area contributed by atoms with Crippen LogP contribution in [0.15, 0.2) is 0 Å². The molecule has 0 aromatic heterocycles. The first-order valence-electron chi connectivity index (χ1n) is 5.07. The van der Waals surface area contributed by atoms with Crippen LogP contribution >= 0.6 is 0 Å². The molecule has 1 aliphatic carbocycles. The standard InChI is InChI=1S/C12H18O2/c1-5-6-7-12(8-9-12)10(13)14-11(2,3)4/h1H,6-9H2,2-4H3. The van der Waals surface area contributed by atoms with Crippen molar-refractivity contribution < 1.29 is 9.53 Å². The Morgan fingerprint density at radius 2 is 2.07 bits per heavy atom. The van der Waals surface area contributed by atoms with Crippen molar-refractivity contribution in [2.45, 2.75) is 52.1 Å². The lowest BCUT2D eigenvalue weighted by atomic mass is 10.0. The van der Waals surface area contributed by atoms with E-state index in [9.17, 15) is 4.79 Å². The Kier molecular flexibility index (Phi) is 2.89. The summed E-state index contributed by atoms with van der Waals surface area (Å²) in [6.07, 6.45) is 8.50. The quantitative estimate of drug-likeness (QED) is 0.509. The molecule has 1 aliphatic rings. The molecule has 0 atom stereocenters. The van der Waals surface area contributed by atoms with Crippen LogP contribution < -0.4 is 0 Å². The first-order chi connectivity index (χ1) is 6.40. The lowest BCUT2D eigenvalue weighted by Gasteiger charge is -2.23. The molecular formula is C12H18O2. The fourth-order valence-corrected chi connectivity index (χ4v) is 1.40. The third-order valence-electron chi connectivity index (χ3n) is 2.43. The van der Waals surface area contributed by atoms with E-state index in [1.165, 1.54) is 0 Å². The molecule has 0 N–H and O–H groups in total. The van der Waals surface area contributed by atoms with Crippen LogP contribution in [-0.2, 0) is 9.53 Å². The summed E-state index contributed by atoms with van der Waals surface area (Å²) in [6, 6.07) is 0. The number of rotatable bonds is 3. The van der Waals surface area contributed by atoms with Crippen LogP contribution in [0.5, 0.6) is 0 Å². The van der Waals surface area contributed by atoms with Crippen molar-refractivity contribution in [1.29, 1.82) is 0 Å². The highest BCUT2D eigenvalue weighted by Crippen LogP contribution is 2.51. The van der Waals surface area contributed by atoms with Crippen LogP contribution in [0.1, 0.15) is 46.5 Å². The minimum atomic E-state index is -0.386. The van der Waals surface area contributed by atoms with Crippen LogP contribution in [0.4, 0.5) is 0 Å². The lowest BCUT2D eigenvalue weighted by molar-refractivity contribution is -0.162. The SMILES string of the molecule is C#CCCC1(C(=O)OC(C)(C)C)CC1. The van der Waals surface area contributed by atoms with Crippen LogP contribution in [0.25, 0.3) is 0 Å². The molecule has 0 amide bonds. The predicted octanol–water partition coefficient (Wildman–Crippen LogP) is 2.52. The van der Waals surface area contributed by atoms with Crippen molar-refractivity contribution >= 4 is 5.97 Å². The zero-order chi connectivity index (χ0) is 10.8. The van der Waals surface area contributed by atoms with Gasteiger partial charge < -0.3 is 4.74 Å². The molecule has 0 unspecified atom stereocenters. The number of carbonyl (C=O) groups is 1. The first-order valence-corrected chi connectivity index (χ1v) is 5.07. The van der Waals surface area contributed by atoms with Gasteiger partial charge in [-0.2, -0.15) is 0 Å². The summed E-state index contributed by atoms with van der Waals surface area (Å²) < 4.78 is 5.35. The van der Waals surface area contributed by atoms with Crippen molar-refractivity contribution in [1.82, 2.24) is 0 Å². The summed E-state index contributed by atoms with van der Waals surface area (Å²) in [5.74, 6) is 2.50. The minimum Gasteiger partial charge on any atom is -0.460 e. The van der Waals surface area contributed by atoms with Crippen LogP contribution in [0.3, 0.4) is 0 Å². The maximum atomic E-state index is 11.8. The lowest BCUT2D eigenvalue weighted by Crippen LogP contribution is -2.29. The van der Waals surface area contributed by atoms with Crippen LogP contribution in [0, 0.1) is 17.8 Å². The summed E-state index contributed by atoms with van der Waals surface area (Å²) in [5.41, 5.74) is -0.623. The van der Waals surface area contributed by atoms with Crippen molar-refractivity contribution in [3.63, 3.8) is 0 Å². The number of hydrogen-bond donors (Lipinski definition) is 0. The molecule has 0 aromatic rings. The molecule has 14 heavy (non-hydrogen) atoms. The van der Waals surface area contributed by atoms with Crippen LogP contribution in [0.2, 0.25) is 0 Å². The summed E-state index contributed by atoms with van der Waals surface area (Å²) >= 11 is 0. The second kappa shape index (κ2) is 3.65. The van der Waals surface area contributed by atoms with E-state index in [-0.39, 0.29) is 17.0 Å². The second-order valence-electron chi connectivity index (χ2n) is 4.99. The molecule has 0 spiro atoms. The van der Waals surface area contributed by atoms with Gasteiger partial charge in [-0.1, -0.05) is 0 Å². The molecule has 0 aliphatic heterocycles. The van der Waals surface area contributed by atoms with Crippen molar-refractivity contribution in [3.8, 4) is 12.3 Å². The molecule has 0 heterocycles. The molecular weight excluding hydrogens is 176 g/mol. The predicted molar refractivity (Wildman–Crippen MR) is 55.6 cm³/mol. The summed E-state index contributed by atoms with van der Waals surface area (Å²) in [7, 11) is 0. The Bertz CT molecular complexity index is 261. The van der Waals surface area contributed by atoms with Gasteiger partial charge in [0, 0.05) is 6.42 Å². The molecule has 1 saturated carbocycles.